The third kappa shape index (κ3) is 3.50. The Bertz CT molecular complexity index is 1020. The molecule has 2 aromatic heterocycles. The topological polar surface area (TPSA) is 54.4 Å². The monoisotopic (exact) mass is 365 g/mol. The van der Waals surface area contributed by atoms with Crippen LogP contribution in [0.15, 0.2) is 57.9 Å². The van der Waals surface area contributed by atoms with Gasteiger partial charge in [-0.2, -0.15) is 4.99 Å². The number of nitrogens with one attached hydrogen (secondary N) is 1. The fourth-order valence-electron chi connectivity index (χ4n) is 2.56. The number of rotatable bonds is 3. The van der Waals surface area contributed by atoms with E-state index in [-0.39, 0.29) is 5.91 Å². The van der Waals surface area contributed by atoms with Crippen molar-refractivity contribution in [2.24, 2.45) is 4.99 Å². The summed E-state index contributed by atoms with van der Waals surface area (Å²) in [5.74, 6) is -0.193. The standard InChI is InChI=1S/C19H15N3OS2/c1-12-6-8-24-17(12)11-21-19-22-18(23)16(25-19)10-13-4-5-15-14(9-13)3-2-7-20-15/h2-10H,11H2,1H3,(H,21,22,23)/b16-10-. The Morgan fingerprint density at radius 2 is 2.16 bits per heavy atom. The molecule has 0 atom stereocenters. The van der Waals surface area contributed by atoms with Crippen molar-refractivity contribution in [2.45, 2.75) is 13.5 Å². The number of pyridine rings is 1. The van der Waals surface area contributed by atoms with Crippen molar-refractivity contribution in [2.75, 3.05) is 0 Å². The maximum atomic E-state index is 12.2. The fraction of sp³-hybridized carbons (Fsp3) is 0.105. The highest BCUT2D eigenvalue weighted by molar-refractivity contribution is 8.18. The molecule has 1 N–H and O–H groups in total. The number of hydrogen-bond donors (Lipinski definition) is 1. The van der Waals surface area contributed by atoms with E-state index in [1.807, 2.05) is 36.4 Å². The highest BCUT2D eigenvalue weighted by Crippen LogP contribution is 2.28. The Kier molecular flexibility index (Phi) is 4.38. The number of amidine groups is 1. The molecule has 0 fully saturated rings. The molecule has 3 aromatic rings. The molecule has 0 unspecified atom stereocenters. The van der Waals surface area contributed by atoms with Crippen molar-refractivity contribution in [1.82, 2.24) is 10.3 Å². The third-order valence-electron chi connectivity index (χ3n) is 3.91. The van der Waals surface area contributed by atoms with E-state index in [1.54, 1.807) is 17.5 Å². The number of carbonyl (C=O) groups is 1. The molecule has 1 aromatic carbocycles. The van der Waals surface area contributed by atoms with Gasteiger partial charge in [0.2, 0.25) is 0 Å². The number of carbonyl (C=O) groups excluding carboxylic acids is 1. The summed E-state index contributed by atoms with van der Waals surface area (Å²) in [6, 6.07) is 12.0. The van der Waals surface area contributed by atoms with E-state index < -0.39 is 0 Å². The van der Waals surface area contributed by atoms with Crippen LogP contribution in [0.3, 0.4) is 0 Å². The van der Waals surface area contributed by atoms with Gasteiger partial charge in [-0.3, -0.25) is 9.78 Å². The Balaban J connectivity index is 1.49. The number of aryl methyl sites for hydroxylation is 1. The number of aliphatic imine (C=N–C) groups is 1. The van der Waals surface area contributed by atoms with Gasteiger partial charge >= 0.3 is 0 Å². The minimum absolute atomic E-state index is 0.193. The van der Waals surface area contributed by atoms with Crippen LogP contribution in [0.4, 0.5) is 0 Å². The molecule has 0 radical (unpaired) electrons. The van der Waals surface area contributed by atoms with E-state index in [1.165, 1.54) is 22.2 Å². The minimum atomic E-state index is -0.193. The Hall–Kier alpha value is -2.44. The number of hydrogen-bond acceptors (Lipinski definition) is 5. The smallest absolute Gasteiger partial charge is 0.286 e. The lowest BCUT2D eigenvalue weighted by atomic mass is 10.1. The number of thiophene rings is 1. The molecule has 0 bridgehead atoms. The summed E-state index contributed by atoms with van der Waals surface area (Å²) >= 11 is 3.09. The SMILES string of the molecule is Cc1ccsc1CNC1=NC(=O)/C(=C/c2ccc3ncccc3c2)S1. The number of thioether (sulfide) groups is 1. The van der Waals surface area contributed by atoms with Crippen LogP contribution < -0.4 is 5.32 Å². The quantitative estimate of drug-likeness (QED) is 0.701. The second kappa shape index (κ2) is 6.82. The summed E-state index contributed by atoms with van der Waals surface area (Å²) in [6.07, 6.45) is 3.66. The van der Waals surface area contributed by atoms with Gasteiger partial charge in [0.25, 0.3) is 5.91 Å². The van der Waals surface area contributed by atoms with Crippen molar-refractivity contribution in [3.63, 3.8) is 0 Å². The van der Waals surface area contributed by atoms with E-state index in [9.17, 15) is 4.79 Å². The number of benzene rings is 1. The molecule has 1 aliphatic heterocycles. The zero-order valence-electron chi connectivity index (χ0n) is 13.5. The van der Waals surface area contributed by atoms with Crippen LogP contribution >= 0.6 is 23.1 Å². The van der Waals surface area contributed by atoms with Crippen LogP contribution in [-0.4, -0.2) is 16.1 Å². The zero-order valence-corrected chi connectivity index (χ0v) is 15.2. The van der Waals surface area contributed by atoms with Gasteiger partial charge in [0.05, 0.1) is 17.0 Å². The minimum Gasteiger partial charge on any atom is -0.359 e. The summed E-state index contributed by atoms with van der Waals surface area (Å²) in [7, 11) is 0. The molecule has 124 valence electrons. The molecule has 4 nitrogen and oxygen atoms in total. The zero-order chi connectivity index (χ0) is 17.2. The van der Waals surface area contributed by atoms with Crippen molar-refractivity contribution in [3.05, 3.63) is 68.9 Å². The van der Waals surface area contributed by atoms with E-state index in [0.717, 1.165) is 16.5 Å². The van der Waals surface area contributed by atoms with Crippen LogP contribution in [0.1, 0.15) is 16.0 Å². The lowest BCUT2D eigenvalue weighted by Crippen LogP contribution is -2.17. The molecule has 6 heteroatoms. The van der Waals surface area contributed by atoms with Gasteiger partial charge in [-0.05, 0) is 65.5 Å². The van der Waals surface area contributed by atoms with Gasteiger partial charge in [0.1, 0.15) is 0 Å². The van der Waals surface area contributed by atoms with Crippen molar-refractivity contribution in [1.29, 1.82) is 0 Å². The van der Waals surface area contributed by atoms with Crippen LogP contribution in [0, 0.1) is 6.92 Å². The number of aromatic nitrogens is 1. The van der Waals surface area contributed by atoms with Gasteiger partial charge in [-0.25, -0.2) is 0 Å². The van der Waals surface area contributed by atoms with Crippen molar-refractivity contribution in [3.8, 4) is 0 Å². The Labute approximate surface area is 153 Å². The van der Waals surface area contributed by atoms with Crippen LogP contribution in [0.5, 0.6) is 0 Å². The predicted octanol–water partition coefficient (Wildman–Crippen LogP) is 4.36. The Morgan fingerprint density at radius 3 is 3.00 bits per heavy atom. The normalized spacial score (nSPS) is 15.8. The summed E-state index contributed by atoms with van der Waals surface area (Å²) in [5, 5.41) is 7.04. The summed E-state index contributed by atoms with van der Waals surface area (Å²) in [6.45, 7) is 2.78. The van der Waals surface area contributed by atoms with Gasteiger partial charge in [0, 0.05) is 16.5 Å². The maximum absolute atomic E-state index is 12.2. The van der Waals surface area contributed by atoms with Crippen molar-refractivity contribution < 1.29 is 4.79 Å². The molecule has 4 rings (SSSR count). The first-order valence-corrected chi connectivity index (χ1v) is 9.53. The van der Waals surface area contributed by atoms with E-state index in [2.05, 4.69) is 33.7 Å². The average Bonchev–Trinajstić information content (AvgIpc) is 3.18. The lowest BCUT2D eigenvalue weighted by molar-refractivity contribution is -0.113. The van der Waals surface area contributed by atoms with Gasteiger partial charge in [-0.1, -0.05) is 12.1 Å². The molecule has 1 aliphatic rings. The molecule has 25 heavy (non-hydrogen) atoms. The highest BCUT2D eigenvalue weighted by atomic mass is 32.2. The van der Waals surface area contributed by atoms with Gasteiger partial charge in [-0.15, -0.1) is 11.3 Å². The molecular formula is C19H15N3OS2. The molecular weight excluding hydrogens is 350 g/mol. The first kappa shape index (κ1) is 16.1. The molecule has 1 amide bonds. The second-order valence-electron chi connectivity index (χ2n) is 5.67. The first-order chi connectivity index (χ1) is 12.2. The largest absolute Gasteiger partial charge is 0.359 e. The van der Waals surface area contributed by atoms with Crippen LogP contribution in [0.2, 0.25) is 0 Å². The predicted molar refractivity (Wildman–Crippen MR) is 106 cm³/mol. The molecule has 0 spiro atoms. The Morgan fingerprint density at radius 1 is 1.24 bits per heavy atom. The van der Waals surface area contributed by atoms with Gasteiger partial charge in [0.15, 0.2) is 5.17 Å². The first-order valence-electron chi connectivity index (χ1n) is 7.83. The molecule has 0 saturated heterocycles. The molecule has 3 heterocycles. The average molecular weight is 365 g/mol. The third-order valence-corrected chi connectivity index (χ3v) is 5.88. The fourth-order valence-corrected chi connectivity index (χ4v) is 4.22. The van der Waals surface area contributed by atoms with E-state index in [4.69, 9.17) is 0 Å². The lowest BCUT2D eigenvalue weighted by Gasteiger charge is -2.03. The van der Waals surface area contributed by atoms with Gasteiger partial charge < -0.3 is 5.32 Å². The van der Waals surface area contributed by atoms with Crippen molar-refractivity contribution >= 4 is 51.2 Å². The highest BCUT2D eigenvalue weighted by Gasteiger charge is 2.21. The van der Waals surface area contributed by atoms with E-state index >= 15 is 0 Å². The molecule has 0 saturated carbocycles. The summed E-state index contributed by atoms with van der Waals surface area (Å²) in [4.78, 5) is 22.5. The van der Waals surface area contributed by atoms with E-state index in [0.29, 0.717) is 16.6 Å². The number of nitrogens with zero attached hydrogens (tertiary/aromatic N) is 2. The maximum Gasteiger partial charge on any atom is 0.286 e. The summed E-state index contributed by atoms with van der Waals surface area (Å²) < 4.78 is 0. The number of amides is 1. The van der Waals surface area contributed by atoms with Crippen LogP contribution in [0.25, 0.3) is 17.0 Å². The van der Waals surface area contributed by atoms with Crippen LogP contribution in [-0.2, 0) is 11.3 Å². The molecule has 0 aliphatic carbocycles. The second-order valence-corrected chi connectivity index (χ2v) is 7.70. The number of fused-ring (bicyclic) bond motifs is 1. The summed E-state index contributed by atoms with van der Waals surface area (Å²) in [5.41, 5.74) is 3.18.